The van der Waals surface area contributed by atoms with Crippen molar-refractivity contribution in [3.63, 3.8) is 0 Å². The topological polar surface area (TPSA) is 66.2 Å². The minimum Gasteiger partial charge on any atom is -0.349 e. The molecule has 0 unspecified atom stereocenters. The quantitative estimate of drug-likeness (QED) is 0.601. The van der Waals surface area contributed by atoms with Gasteiger partial charge >= 0.3 is 0 Å². The van der Waals surface area contributed by atoms with E-state index in [4.69, 9.17) is 9.47 Å². The van der Waals surface area contributed by atoms with E-state index in [1.165, 1.54) is 20.5 Å². The Morgan fingerprint density at radius 2 is 2.21 bits per heavy atom. The molecule has 0 fully saturated rings. The van der Waals surface area contributed by atoms with Gasteiger partial charge in [-0.3, -0.25) is 9.48 Å². The summed E-state index contributed by atoms with van der Waals surface area (Å²) in [5.41, 5.74) is 0. The molecule has 0 aliphatic carbocycles. The van der Waals surface area contributed by atoms with Crippen LogP contribution in [0.15, 0.2) is 6.33 Å². The molecule has 0 N–H and O–H groups in total. The molecule has 0 spiro atoms. The number of ketones is 1. The highest BCUT2D eigenvalue weighted by molar-refractivity contribution is 5.83. The smallest absolute Gasteiger partial charge is 0.217 e. The summed E-state index contributed by atoms with van der Waals surface area (Å²) < 4.78 is 11.2. The Labute approximate surface area is 81.8 Å². The van der Waals surface area contributed by atoms with Crippen LogP contribution in [0.4, 0.5) is 0 Å². The van der Waals surface area contributed by atoms with Crippen LogP contribution in [-0.4, -0.2) is 41.1 Å². The van der Waals surface area contributed by atoms with E-state index in [0.29, 0.717) is 5.82 Å². The molecule has 78 valence electrons. The standard InChI is InChI=1S/C8H13N3O3/c1-11-7(9-5-10-11)4-6(12)8(13-2)14-3/h5,8H,4H2,1-3H3. The van der Waals surface area contributed by atoms with Gasteiger partial charge in [0.1, 0.15) is 12.2 Å². The molecule has 6 nitrogen and oxygen atoms in total. The summed E-state index contributed by atoms with van der Waals surface area (Å²) in [6, 6.07) is 0. The maximum atomic E-state index is 11.5. The maximum Gasteiger partial charge on any atom is 0.217 e. The van der Waals surface area contributed by atoms with Crippen molar-refractivity contribution >= 4 is 5.78 Å². The summed E-state index contributed by atoms with van der Waals surface area (Å²) in [6.45, 7) is 0. The molecule has 0 atom stereocenters. The van der Waals surface area contributed by atoms with Gasteiger partial charge in [0.25, 0.3) is 0 Å². The first-order valence-electron chi connectivity index (χ1n) is 4.10. The van der Waals surface area contributed by atoms with Gasteiger partial charge in [-0.05, 0) is 0 Å². The number of hydrogen-bond donors (Lipinski definition) is 0. The number of ether oxygens (including phenoxy) is 2. The van der Waals surface area contributed by atoms with Gasteiger partial charge in [-0.1, -0.05) is 0 Å². The number of carbonyl (C=O) groups is 1. The van der Waals surface area contributed by atoms with Gasteiger partial charge in [0.15, 0.2) is 5.78 Å². The van der Waals surface area contributed by atoms with E-state index in [2.05, 4.69) is 10.1 Å². The lowest BCUT2D eigenvalue weighted by atomic mass is 10.2. The zero-order valence-corrected chi connectivity index (χ0v) is 8.43. The van der Waals surface area contributed by atoms with Crippen molar-refractivity contribution in [2.75, 3.05) is 14.2 Å². The Morgan fingerprint density at radius 1 is 1.57 bits per heavy atom. The molecule has 0 saturated carbocycles. The molecule has 6 heteroatoms. The molecule has 0 radical (unpaired) electrons. The van der Waals surface area contributed by atoms with Crippen LogP contribution in [-0.2, 0) is 27.7 Å². The molecule has 1 rings (SSSR count). The number of carbonyl (C=O) groups excluding carboxylic acids is 1. The van der Waals surface area contributed by atoms with Crippen molar-refractivity contribution in [2.45, 2.75) is 12.7 Å². The SMILES string of the molecule is COC(OC)C(=O)Cc1ncnn1C. The molecule has 0 aliphatic heterocycles. The first-order valence-corrected chi connectivity index (χ1v) is 4.10. The van der Waals surface area contributed by atoms with Crippen LogP contribution in [0.1, 0.15) is 5.82 Å². The van der Waals surface area contributed by atoms with Gasteiger partial charge in [0.2, 0.25) is 6.29 Å². The highest BCUT2D eigenvalue weighted by Crippen LogP contribution is 2.00. The third-order valence-corrected chi connectivity index (χ3v) is 1.83. The zero-order chi connectivity index (χ0) is 10.6. The lowest BCUT2D eigenvalue weighted by Gasteiger charge is -2.10. The molecule has 0 amide bonds. The average Bonchev–Trinajstić information content (AvgIpc) is 2.54. The largest absolute Gasteiger partial charge is 0.349 e. The molecular weight excluding hydrogens is 186 g/mol. The maximum absolute atomic E-state index is 11.5. The van der Waals surface area contributed by atoms with Gasteiger partial charge in [0.05, 0.1) is 6.42 Å². The number of aromatic nitrogens is 3. The summed E-state index contributed by atoms with van der Waals surface area (Å²) in [5, 5.41) is 3.85. The van der Waals surface area contributed by atoms with Gasteiger partial charge in [-0.25, -0.2) is 4.98 Å². The van der Waals surface area contributed by atoms with Gasteiger partial charge < -0.3 is 9.47 Å². The molecule has 0 saturated heterocycles. The fourth-order valence-electron chi connectivity index (χ4n) is 1.08. The third kappa shape index (κ3) is 2.36. The lowest BCUT2D eigenvalue weighted by molar-refractivity contribution is -0.156. The summed E-state index contributed by atoms with van der Waals surface area (Å²) in [7, 11) is 4.57. The normalized spacial score (nSPS) is 10.9. The Balaban J connectivity index is 2.61. The van der Waals surface area contributed by atoms with Crippen LogP contribution in [0.5, 0.6) is 0 Å². The van der Waals surface area contributed by atoms with Crippen molar-refractivity contribution in [3.05, 3.63) is 12.2 Å². The van der Waals surface area contributed by atoms with Crippen LogP contribution < -0.4 is 0 Å². The third-order valence-electron chi connectivity index (χ3n) is 1.83. The summed E-state index contributed by atoms with van der Waals surface area (Å²) >= 11 is 0. The number of hydrogen-bond acceptors (Lipinski definition) is 5. The molecule has 0 aromatic carbocycles. The molecule has 1 aromatic rings. The second-order valence-corrected chi connectivity index (χ2v) is 2.75. The average molecular weight is 199 g/mol. The fraction of sp³-hybridized carbons (Fsp3) is 0.625. The van der Waals surface area contributed by atoms with E-state index < -0.39 is 6.29 Å². The molecular formula is C8H13N3O3. The monoisotopic (exact) mass is 199 g/mol. The Kier molecular flexibility index (Phi) is 3.73. The number of nitrogens with zero attached hydrogens (tertiary/aromatic N) is 3. The predicted molar refractivity (Wildman–Crippen MR) is 47.5 cm³/mol. The van der Waals surface area contributed by atoms with E-state index in [1.807, 2.05) is 0 Å². The highest BCUT2D eigenvalue weighted by Gasteiger charge is 2.18. The van der Waals surface area contributed by atoms with Crippen LogP contribution in [0.3, 0.4) is 0 Å². The first-order chi connectivity index (χ1) is 6.69. The van der Waals surface area contributed by atoms with E-state index in [-0.39, 0.29) is 12.2 Å². The second kappa shape index (κ2) is 4.83. The van der Waals surface area contributed by atoms with E-state index in [1.54, 1.807) is 11.7 Å². The second-order valence-electron chi connectivity index (χ2n) is 2.75. The molecule has 0 bridgehead atoms. The summed E-state index contributed by atoms with van der Waals surface area (Å²) in [6.07, 6.45) is 0.728. The van der Waals surface area contributed by atoms with Crippen molar-refractivity contribution in [1.82, 2.24) is 14.8 Å². The number of aryl methyl sites for hydroxylation is 1. The minimum atomic E-state index is -0.827. The van der Waals surface area contributed by atoms with Crippen molar-refractivity contribution in [2.24, 2.45) is 7.05 Å². The van der Waals surface area contributed by atoms with E-state index in [9.17, 15) is 4.79 Å². The van der Waals surface area contributed by atoms with Gasteiger partial charge in [-0.2, -0.15) is 5.10 Å². The number of Topliss-reactive ketones (excluding diaryl/α,β-unsaturated/α-hetero) is 1. The number of rotatable bonds is 5. The van der Waals surface area contributed by atoms with Gasteiger partial charge in [-0.15, -0.1) is 0 Å². The van der Waals surface area contributed by atoms with E-state index >= 15 is 0 Å². The van der Waals surface area contributed by atoms with E-state index in [0.717, 1.165) is 0 Å². The molecule has 14 heavy (non-hydrogen) atoms. The predicted octanol–water partition coefficient (Wildman–Crippen LogP) is -0.454. The molecule has 1 aromatic heterocycles. The lowest BCUT2D eigenvalue weighted by Crippen LogP contribution is -2.27. The number of methoxy groups -OCH3 is 2. The van der Waals surface area contributed by atoms with Crippen LogP contribution in [0, 0.1) is 0 Å². The Morgan fingerprint density at radius 3 is 2.64 bits per heavy atom. The summed E-state index contributed by atoms with van der Waals surface area (Å²) in [4.78, 5) is 15.4. The molecule has 0 aliphatic rings. The fourth-order valence-corrected chi connectivity index (χ4v) is 1.08. The van der Waals surface area contributed by atoms with Crippen LogP contribution in [0.2, 0.25) is 0 Å². The zero-order valence-electron chi connectivity index (χ0n) is 8.43. The summed E-state index contributed by atoms with van der Waals surface area (Å²) in [5.74, 6) is 0.417. The molecule has 1 heterocycles. The van der Waals surface area contributed by atoms with Crippen LogP contribution in [0.25, 0.3) is 0 Å². The van der Waals surface area contributed by atoms with Crippen molar-refractivity contribution in [1.29, 1.82) is 0 Å². The first kappa shape index (κ1) is 10.8. The van der Waals surface area contributed by atoms with Crippen LogP contribution >= 0.6 is 0 Å². The van der Waals surface area contributed by atoms with Crippen molar-refractivity contribution < 1.29 is 14.3 Å². The highest BCUT2D eigenvalue weighted by atomic mass is 16.7. The Bertz CT molecular complexity index is 307. The van der Waals surface area contributed by atoms with Gasteiger partial charge in [0, 0.05) is 21.3 Å². The Hall–Kier alpha value is -1.27. The van der Waals surface area contributed by atoms with Crippen molar-refractivity contribution in [3.8, 4) is 0 Å². The minimum absolute atomic E-state index is 0.156.